The predicted octanol–water partition coefficient (Wildman–Crippen LogP) is 5.75. The number of carbonyl (C=O) groups is 1. The first-order valence-electron chi connectivity index (χ1n) is 11.4. The van der Waals surface area contributed by atoms with Gasteiger partial charge in [-0.2, -0.15) is 0 Å². The second kappa shape index (κ2) is 9.24. The molecule has 33 heavy (non-hydrogen) atoms. The normalized spacial score (nSPS) is 13.0. The Balaban J connectivity index is 1.58. The number of carbonyl (C=O) groups excluding carboxylic acids is 1. The van der Waals surface area contributed by atoms with E-state index in [-0.39, 0.29) is 5.91 Å². The van der Waals surface area contributed by atoms with E-state index in [9.17, 15) is 4.79 Å². The summed E-state index contributed by atoms with van der Waals surface area (Å²) < 4.78 is 5.63. The van der Waals surface area contributed by atoms with E-state index in [0.29, 0.717) is 23.7 Å². The van der Waals surface area contributed by atoms with Crippen LogP contribution in [0.25, 0.3) is 21.3 Å². The van der Waals surface area contributed by atoms with Crippen LogP contribution in [-0.4, -0.2) is 17.5 Å². The van der Waals surface area contributed by atoms with Crippen molar-refractivity contribution in [2.24, 2.45) is 0 Å². The summed E-state index contributed by atoms with van der Waals surface area (Å²) in [7, 11) is 0. The molecular weight excluding hydrogens is 430 g/mol. The molecule has 168 valence electrons. The van der Waals surface area contributed by atoms with Gasteiger partial charge in [0, 0.05) is 17.6 Å². The molecule has 1 amide bonds. The zero-order valence-corrected chi connectivity index (χ0v) is 19.5. The number of hydrogen-bond acceptors (Lipinski definition) is 5. The monoisotopic (exact) mass is 457 g/mol. The number of anilines is 1. The Kier molecular flexibility index (Phi) is 6.01. The number of nitrogens with one attached hydrogen (secondary N) is 1. The lowest BCUT2D eigenvalue weighted by atomic mass is 9.87. The van der Waals surface area contributed by atoms with Gasteiger partial charge in [0.15, 0.2) is 0 Å². The van der Waals surface area contributed by atoms with Crippen LogP contribution in [0.15, 0.2) is 54.6 Å². The number of nitrogens with two attached hydrogens (primary N) is 1. The van der Waals surface area contributed by atoms with Crippen LogP contribution in [0.2, 0.25) is 0 Å². The Morgan fingerprint density at radius 1 is 1.09 bits per heavy atom. The summed E-state index contributed by atoms with van der Waals surface area (Å²) in [5.41, 5.74) is 12.8. The molecule has 1 aliphatic rings. The molecule has 2 aromatic heterocycles. The molecule has 0 saturated heterocycles. The van der Waals surface area contributed by atoms with Crippen LogP contribution in [0.3, 0.4) is 0 Å². The number of hydrogen-bond donors (Lipinski definition) is 2. The molecule has 2 heterocycles. The van der Waals surface area contributed by atoms with Crippen molar-refractivity contribution in [2.45, 2.75) is 39.2 Å². The van der Waals surface area contributed by atoms with Crippen LogP contribution in [-0.2, 0) is 19.4 Å². The number of nitrogens with zero attached hydrogens (tertiary/aromatic N) is 1. The molecule has 0 spiro atoms. The molecule has 1 aliphatic carbocycles. The smallest absolute Gasteiger partial charge is 0.263 e. The van der Waals surface area contributed by atoms with Crippen molar-refractivity contribution in [3.63, 3.8) is 0 Å². The zero-order valence-electron chi connectivity index (χ0n) is 18.7. The summed E-state index contributed by atoms with van der Waals surface area (Å²) in [6.07, 6.45) is 4.21. The number of aryl methyl sites for hydroxylation is 1. The van der Waals surface area contributed by atoms with Gasteiger partial charge in [-0.15, -0.1) is 11.3 Å². The van der Waals surface area contributed by atoms with E-state index >= 15 is 0 Å². The van der Waals surface area contributed by atoms with Crippen molar-refractivity contribution in [2.75, 3.05) is 12.3 Å². The molecule has 0 aliphatic heterocycles. The number of amides is 1. The van der Waals surface area contributed by atoms with Crippen molar-refractivity contribution in [3.05, 3.63) is 76.3 Å². The van der Waals surface area contributed by atoms with Crippen LogP contribution < -0.4 is 15.8 Å². The number of fused-ring (bicyclic) bond motifs is 2. The third kappa shape index (κ3) is 4.18. The van der Waals surface area contributed by atoms with Gasteiger partial charge in [-0.1, -0.05) is 42.5 Å². The zero-order chi connectivity index (χ0) is 22.8. The van der Waals surface area contributed by atoms with Gasteiger partial charge in [-0.3, -0.25) is 4.79 Å². The maximum atomic E-state index is 13.1. The van der Waals surface area contributed by atoms with Crippen molar-refractivity contribution in [3.8, 4) is 16.9 Å². The molecule has 0 fully saturated rings. The van der Waals surface area contributed by atoms with Gasteiger partial charge in [0.25, 0.3) is 5.91 Å². The minimum absolute atomic E-state index is 0.157. The third-order valence-corrected chi connectivity index (χ3v) is 7.21. The predicted molar refractivity (Wildman–Crippen MR) is 135 cm³/mol. The van der Waals surface area contributed by atoms with Gasteiger partial charge in [0.1, 0.15) is 15.5 Å². The molecule has 0 radical (unpaired) electrons. The Labute approximate surface area is 197 Å². The number of thiophene rings is 1. The Hall–Kier alpha value is -3.38. The van der Waals surface area contributed by atoms with Crippen LogP contribution in [0, 0.1) is 0 Å². The third-order valence-electron chi connectivity index (χ3n) is 6.11. The number of ether oxygens (including phenoxy) is 1. The highest BCUT2D eigenvalue weighted by Gasteiger charge is 2.25. The first kappa shape index (κ1) is 21.5. The second-order valence-electron chi connectivity index (χ2n) is 8.27. The van der Waals surface area contributed by atoms with E-state index in [0.717, 1.165) is 64.0 Å². The van der Waals surface area contributed by atoms with Gasteiger partial charge in [0.2, 0.25) is 0 Å². The van der Waals surface area contributed by atoms with E-state index < -0.39 is 0 Å². The van der Waals surface area contributed by atoms with Crippen molar-refractivity contribution >= 4 is 33.1 Å². The largest absolute Gasteiger partial charge is 0.494 e. The molecular formula is C27H27N3O2S. The minimum Gasteiger partial charge on any atom is -0.494 e. The molecule has 0 unspecified atom stereocenters. The van der Waals surface area contributed by atoms with Crippen LogP contribution >= 0.6 is 11.3 Å². The molecule has 0 atom stereocenters. The SMILES string of the molecule is CCOc1ccc(-c2c3c(nc4sc(C(=O)NCc5ccccc5)c(N)c24)CCCC3)cc1. The summed E-state index contributed by atoms with van der Waals surface area (Å²) >= 11 is 1.39. The number of benzene rings is 2. The highest BCUT2D eigenvalue weighted by atomic mass is 32.1. The average Bonchev–Trinajstić information content (AvgIpc) is 3.18. The molecule has 0 bridgehead atoms. The maximum absolute atomic E-state index is 13.1. The van der Waals surface area contributed by atoms with Crippen molar-refractivity contribution in [1.82, 2.24) is 10.3 Å². The lowest BCUT2D eigenvalue weighted by molar-refractivity contribution is 0.0956. The standard InChI is InChI=1S/C27H27N3O2S/c1-2-32-19-14-12-18(13-15-19)22-20-10-6-7-11-21(20)30-27-23(22)24(28)25(33-27)26(31)29-16-17-8-4-3-5-9-17/h3-5,8-9,12-15H,2,6-7,10-11,16,28H2,1H3,(H,29,31). The Morgan fingerprint density at radius 3 is 2.61 bits per heavy atom. The summed E-state index contributed by atoms with van der Waals surface area (Å²) in [5, 5.41) is 3.91. The minimum atomic E-state index is -0.157. The fraction of sp³-hybridized carbons (Fsp3) is 0.259. The van der Waals surface area contributed by atoms with Crippen LogP contribution in [0.4, 0.5) is 5.69 Å². The molecule has 6 heteroatoms. The van der Waals surface area contributed by atoms with Crippen molar-refractivity contribution in [1.29, 1.82) is 0 Å². The fourth-order valence-electron chi connectivity index (χ4n) is 4.54. The number of rotatable bonds is 6. The molecule has 4 aromatic rings. The maximum Gasteiger partial charge on any atom is 0.263 e. The quantitative estimate of drug-likeness (QED) is 0.386. The van der Waals surface area contributed by atoms with E-state index in [4.69, 9.17) is 15.5 Å². The number of pyridine rings is 1. The van der Waals surface area contributed by atoms with Crippen LogP contribution in [0.5, 0.6) is 5.75 Å². The summed E-state index contributed by atoms with van der Waals surface area (Å²) in [4.78, 5) is 19.4. The van der Waals surface area contributed by atoms with Gasteiger partial charge < -0.3 is 15.8 Å². The summed E-state index contributed by atoms with van der Waals surface area (Å²) in [6, 6.07) is 18.0. The van der Waals surface area contributed by atoms with Gasteiger partial charge in [-0.05, 0) is 67.0 Å². The average molecular weight is 458 g/mol. The molecule has 3 N–H and O–H groups in total. The van der Waals surface area contributed by atoms with E-state index in [1.807, 2.05) is 49.4 Å². The Morgan fingerprint density at radius 2 is 1.85 bits per heavy atom. The van der Waals surface area contributed by atoms with Gasteiger partial charge >= 0.3 is 0 Å². The van der Waals surface area contributed by atoms with Crippen LogP contribution in [0.1, 0.15) is 46.3 Å². The fourth-order valence-corrected chi connectivity index (χ4v) is 5.58. The molecule has 5 nitrogen and oxygen atoms in total. The highest BCUT2D eigenvalue weighted by molar-refractivity contribution is 7.21. The lowest BCUT2D eigenvalue weighted by Crippen LogP contribution is -2.22. The lowest BCUT2D eigenvalue weighted by Gasteiger charge is -2.20. The van der Waals surface area contributed by atoms with E-state index in [2.05, 4.69) is 17.4 Å². The molecule has 5 rings (SSSR count). The summed E-state index contributed by atoms with van der Waals surface area (Å²) in [6.45, 7) is 3.07. The van der Waals surface area contributed by atoms with Gasteiger partial charge in [-0.25, -0.2) is 4.98 Å². The number of aromatic nitrogens is 1. The second-order valence-corrected chi connectivity index (χ2v) is 9.27. The first-order chi connectivity index (χ1) is 16.2. The van der Waals surface area contributed by atoms with E-state index in [1.54, 1.807) is 0 Å². The van der Waals surface area contributed by atoms with E-state index in [1.165, 1.54) is 16.9 Å². The topological polar surface area (TPSA) is 77.2 Å². The van der Waals surface area contributed by atoms with Gasteiger partial charge in [0.05, 0.1) is 12.3 Å². The Bertz CT molecular complexity index is 1300. The summed E-state index contributed by atoms with van der Waals surface area (Å²) in [5.74, 6) is 0.689. The molecule has 0 saturated carbocycles. The first-order valence-corrected chi connectivity index (χ1v) is 12.3. The highest BCUT2D eigenvalue weighted by Crippen LogP contribution is 2.44. The number of nitrogen functional groups attached to an aromatic ring is 1. The van der Waals surface area contributed by atoms with Crippen molar-refractivity contribution < 1.29 is 9.53 Å². The molecule has 2 aromatic carbocycles.